The molecule has 0 saturated heterocycles. The molecule has 0 aromatic carbocycles. The first kappa shape index (κ1) is 6.39. The van der Waals surface area contributed by atoms with Gasteiger partial charge in [0.1, 0.15) is 6.67 Å². The molecule has 0 aromatic rings. The molecule has 0 saturated carbocycles. The highest BCUT2D eigenvalue weighted by atomic mass is 19.2. The molecule has 58 valence electrons. The molecular formula is C7H6F2N2. The molecule has 2 nitrogen and oxygen atoms in total. The van der Waals surface area contributed by atoms with Crippen molar-refractivity contribution in [3.05, 3.63) is 36.1 Å². The summed E-state index contributed by atoms with van der Waals surface area (Å²) >= 11 is 0. The van der Waals surface area contributed by atoms with Crippen molar-refractivity contribution >= 4 is 0 Å². The Morgan fingerprint density at radius 2 is 2.27 bits per heavy atom. The van der Waals surface area contributed by atoms with Crippen molar-refractivity contribution in [2.45, 2.75) is 0 Å². The molecular weight excluding hydrogens is 150 g/mol. The van der Waals surface area contributed by atoms with Crippen LogP contribution in [0.5, 0.6) is 0 Å². The predicted molar refractivity (Wildman–Crippen MR) is 36.1 cm³/mol. The zero-order chi connectivity index (χ0) is 7.84. The van der Waals surface area contributed by atoms with E-state index < -0.39 is 5.95 Å². The summed E-state index contributed by atoms with van der Waals surface area (Å²) in [6.45, 7) is -0.0536. The van der Waals surface area contributed by atoms with Gasteiger partial charge in [-0.15, -0.1) is 0 Å². The Morgan fingerprint density at radius 1 is 1.45 bits per heavy atom. The van der Waals surface area contributed by atoms with Gasteiger partial charge in [0, 0.05) is 0 Å². The summed E-state index contributed by atoms with van der Waals surface area (Å²) in [7, 11) is 0. The zero-order valence-corrected chi connectivity index (χ0v) is 5.67. The molecule has 0 bridgehead atoms. The Kier molecular flexibility index (Phi) is 1.21. The highest BCUT2D eigenvalue weighted by Crippen LogP contribution is 2.25. The van der Waals surface area contributed by atoms with Crippen molar-refractivity contribution in [1.29, 1.82) is 0 Å². The average Bonchev–Trinajstić information content (AvgIpc) is 2.31. The summed E-state index contributed by atoms with van der Waals surface area (Å²) < 4.78 is 25.3. The summed E-state index contributed by atoms with van der Waals surface area (Å²) in [5.74, 6) is -0.418. The summed E-state index contributed by atoms with van der Waals surface area (Å²) in [4.78, 5) is 1.25. The molecule has 2 heterocycles. The number of allylic oxidation sites excluding steroid dienone is 3. The summed E-state index contributed by atoms with van der Waals surface area (Å²) in [5, 5.41) is 0.443. The molecule has 0 unspecified atom stereocenters. The van der Waals surface area contributed by atoms with E-state index in [0.29, 0.717) is 10.8 Å². The molecule has 4 heteroatoms. The van der Waals surface area contributed by atoms with Crippen molar-refractivity contribution in [3.63, 3.8) is 0 Å². The highest BCUT2D eigenvalue weighted by Gasteiger charge is 2.23. The van der Waals surface area contributed by atoms with Crippen LogP contribution in [0.25, 0.3) is 0 Å². The lowest BCUT2D eigenvalue weighted by atomic mass is 10.3. The van der Waals surface area contributed by atoms with Crippen molar-refractivity contribution in [2.75, 3.05) is 6.67 Å². The molecule has 0 spiro atoms. The summed E-state index contributed by atoms with van der Waals surface area (Å²) in [6, 6.07) is 0. The average molecular weight is 156 g/mol. The first-order valence-electron chi connectivity index (χ1n) is 3.23. The topological polar surface area (TPSA) is 6.48 Å². The van der Waals surface area contributed by atoms with E-state index in [2.05, 4.69) is 0 Å². The lowest BCUT2D eigenvalue weighted by Gasteiger charge is -2.18. The van der Waals surface area contributed by atoms with Crippen LogP contribution in [0.1, 0.15) is 0 Å². The first-order valence-corrected chi connectivity index (χ1v) is 3.23. The van der Waals surface area contributed by atoms with Crippen LogP contribution in [0.4, 0.5) is 8.87 Å². The smallest absolute Gasteiger partial charge is 0.195 e. The Morgan fingerprint density at radius 3 is 3.00 bits per heavy atom. The predicted octanol–water partition coefficient (Wildman–Crippen LogP) is 1.67. The standard InChI is InChI=1S/C7H6F2N2/c8-7-3-1-2-6-4-10(9)5-11(6)7/h1-4H,5H2. The third-order valence-electron chi connectivity index (χ3n) is 1.62. The van der Waals surface area contributed by atoms with Crippen molar-refractivity contribution in [3.8, 4) is 0 Å². The normalized spacial score (nSPS) is 21.6. The van der Waals surface area contributed by atoms with E-state index in [1.807, 2.05) is 0 Å². The van der Waals surface area contributed by atoms with Crippen molar-refractivity contribution < 1.29 is 8.87 Å². The van der Waals surface area contributed by atoms with E-state index in [0.717, 1.165) is 0 Å². The fraction of sp³-hybridized carbons (Fsp3) is 0.143. The fourth-order valence-electron chi connectivity index (χ4n) is 1.11. The Hall–Kier alpha value is -1.32. The maximum absolute atomic E-state index is 12.8. The van der Waals surface area contributed by atoms with Gasteiger partial charge >= 0.3 is 0 Å². The molecule has 0 fully saturated rings. The minimum atomic E-state index is -0.418. The van der Waals surface area contributed by atoms with E-state index in [9.17, 15) is 8.87 Å². The van der Waals surface area contributed by atoms with E-state index in [1.54, 1.807) is 12.2 Å². The molecule has 0 aliphatic carbocycles. The van der Waals surface area contributed by atoms with Crippen LogP contribution < -0.4 is 0 Å². The van der Waals surface area contributed by atoms with Gasteiger partial charge in [0.25, 0.3) is 0 Å². The molecule has 0 amide bonds. The highest BCUT2D eigenvalue weighted by molar-refractivity contribution is 5.31. The molecule has 0 atom stereocenters. The van der Waals surface area contributed by atoms with Gasteiger partial charge in [-0.25, -0.2) is 0 Å². The minimum Gasteiger partial charge on any atom is -0.296 e. The van der Waals surface area contributed by atoms with E-state index >= 15 is 0 Å². The van der Waals surface area contributed by atoms with E-state index in [4.69, 9.17) is 0 Å². The third kappa shape index (κ3) is 0.906. The van der Waals surface area contributed by atoms with Gasteiger partial charge in [-0.2, -0.15) is 9.51 Å². The summed E-state index contributed by atoms with van der Waals surface area (Å²) in [6.07, 6.45) is 5.76. The third-order valence-corrected chi connectivity index (χ3v) is 1.62. The van der Waals surface area contributed by atoms with E-state index in [1.165, 1.54) is 17.2 Å². The van der Waals surface area contributed by atoms with Crippen LogP contribution >= 0.6 is 0 Å². The van der Waals surface area contributed by atoms with Gasteiger partial charge in [-0.3, -0.25) is 4.90 Å². The Balaban J connectivity index is 2.33. The lowest BCUT2D eigenvalue weighted by molar-refractivity contribution is 0.0636. The molecule has 2 aliphatic rings. The molecule has 0 radical (unpaired) electrons. The maximum Gasteiger partial charge on any atom is 0.195 e. The SMILES string of the molecule is FC1=CC=CC2=CN(F)CN12. The largest absolute Gasteiger partial charge is 0.296 e. The molecule has 0 aromatic heterocycles. The van der Waals surface area contributed by atoms with Gasteiger partial charge in [-0.1, -0.05) is 10.6 Å². The number of rotatable bonds is 0. The van der Waals surface area contributed by atoms with Gasteiger partial charge in [0.05, 0.1) is 11.9 Å². The van der Waals surface area contributed by atoms with E-state index in [-0.39, 0.29) is 6.67 Å². The Labute approximate surface area is 62.6 Å². The quantitative estimate of drug-likeness (QED) is 0.389. The lowest BCUT2D eigenvalue weighted by Crippen LogP contribution is -2.21. The second-order valence-corrected chi connectivity index (χ2v) is 2.37. The molecule has 0 N–H and O–H groups in total. The molecule has 11 heavy (non-hydrogen) atoms. The molecule has 2 rings (SSSR count). The molecule has 2 aliphatic heterocycles. The Bertz CT molecular complexity index is 268. The van der Waals surface area contributed by atoms with Crippen LogP contribution in [0, 0.1) is 0 Å². The van der Waals surface area contributed by atoms with Crippen molar-refractivity contribution in [2.24, 2.45) is 0 Å². The fourth-order valence-corrected chi connectivity index (χ4v) is 1.11. The number of hydrogen-bond acceptors (Lipinski definition) is 2. The number of halogens is 2. The van der Waals surface area contributed by atoms with Gasteiger partial charge < -0.3 is 0 Å². The number of nitrogens with zero attached hydrogens (tertiary/aromatic N) is 2. The minimum absolute atomic E-state index is 0.0536. The second kappa shape index (κ2) is 2.08. The van der Waals surface area contributed by atoms with Crippen LogP contribution in [0.3, 0.4) is 0 Å². The van der Waals surface area contributed by atoms with Crippen LogP contribution in [0.15, 0.2) is 36.1 Å². The van der Waals surface area contributed by atoms with Gasteiger partial charge in [-0.05, 0) is 12.2 Å². The first-order chi connectivity index (χ1) is 5.27. The number of hydrogen-bond donors (Lipinski definition) is 0. The van der Waals surface area contributed by atoms with Crippen molar-refractivity contribution in [1.82, 2.24) is 10.0 Å². The maximum atomic E-state index is 12.8. The van der Waals surface area contributed by atoms with Crippen LogP contribution in [-0.4, -0.2) is 16.7 Å². The number of fused-ring (bicyclic) bond motifs is 1. The van der Waals surface area contributed by atoms with Gasteiger partial charge in [0.2, 0.25) is 0 Å². The van der Waals surface area contributed by atoms with Crippen LogP contribution in [-0.2, 0) is 0 Å². The monoisotopic (exact) mass is 156 g/mol. The second-order valence-electron chi connectivity index (χ2n) is 2.37. The van der Waals surface area contributed by atoms with Crippen LogP contribution in [0.2, 0.25) is 0 Å². The zero-order valence-electron chi connectivity index (χ0n) is 5.67. The summed E-state index contributed by atoms with van der Waals surface area (Å²) in [5.41, 5.74) is 0.549. The van der Waals surface area contributed by atoms with Gasteiger partial charge in [0.15, 0.2) is 5.95 Å².